The zero-order valence-corrected chi connectivity index (χ0v) is 6.32. The molecule has 0 saturated carbocycles. The molecule has 0 spiro atoms. The fourth-order valence-electron chi connectivity index (χ4n) is 0.532. The molecule has 56 valence electrons. The second kappa shape index (κ2) is 10.4. The molecule has 1 aromatic rings. The predicted octanol–water partition coefficient (Wildman–Crippen LogP) is -0.0488. The zero-order chi connectivity index (χ0) is 8.53. The molecular formula is C8H9BNNaO. The first kappa shape index (κ1) is 14.0. The summed E-state index contributed by atoms with van der Waals surface area (Å²) in [4.78, 5) is 10.0. The van der Waals surface area contributed by atoms with E-state index >= 15 is 0 Å². The number of rotatable bonds is 1. The topological polar surface area (TPSA) is 40.9 Å². The molecule has 0 aliphatic heterocycles. The predicted molar refractivity (Wildman–Crippen MR) is 53.1 cm³/mol. The zero-order valence-electron chi connectivity index (χ0n) is 6.32. The van der Waals surface area contributed by atoms with Gasteiger partial charge in [-0.1, -0.05) is 30.3 Å². The molecule has 0 radical (unpaired) electrons. The molecule has 0 fully saturated rings. The van der Waals surface area contributed by atoms with Gasteiger partial charge in [0.15, 0.2) is 0 Å². The molecule has 0 bridgehead atoms. The summed E-state index contributed by atoms with van der Waals surface area (Å²) in [5.74, 6) is 1.75. The van der Waals surface area contributed by atoms with E-state index in [0.29, 0.717) is 0 Å². The van der Waals surface area contributed by atoms with Gasteiger partial charge in [0.2, 0.25) is 7.85 Å². The normalized spacial score (nSPS) is 6.25. The van der Waals surface area contributed by atoms with Gasteiger partial charge < -0.3 is 0 Å². The number of carbonyl (C=O) groups is 1. The van der Waals surface area contributed by atoms with Gasteiger partial charge in [0.05, 0.1) is 0 Å². The van der Waals surface area contributed by atoms with Crippen molar-refractivity contribution in [3.05, 3.63) is 35.9 Å². The molecule has 12 heavy (non-hydrogen) atoms. The van der Waals surface area contributed by atoms with Crippen LogP contribution >= 0.6 is 0 Å². The Balaban J connectivity index is 0. The van der Waals surface area contributed by atoms with Gasteiger partial charge >= 0.3 is 29.6 Å². The van der Waals surface area contributed by atoms with Crippen molar-refractivity contribution in [2.24, 2.45) is 0 Å². The summed E-state index contributed by atoms with van der Waals surface area (Å²) in [6.07, 6.45) is 0.833. The minimum absolute atomic E-state index is 0. The van der Waals surface area contributed by atoms with E-state index in [9.17, 15) is 4.79 Å². The molecule has 0 saturated heterocycles. The first-order chi connectivity index (χ1) is 5.35. The molecule has 0 atom stereocenters. The van der Waals surface area contributed by atoms with E-state index in [1.165, 1.54) is 7.85 Å². The Kier molecular flexibility index (Phi) is 12.2. The number of hydrogen-bond acceptors (Lipinski definition) is 2. The Morgan fingerprint density at radius 1 is 1.33 bits per heavy atom. The molecule has 0 amide bonds. The molecule has 0 N–H and O–H groups in total. The molecule has 0 aromatic heterocycles. The van der Waals surface area contributed by atoms with Crippen LogP contribution in [0.2, 0.25) is 0 Å². The minimum atomic E-state index is 0. The van der Waals surface area contributed by atoms with E-state index in [0.717, 1.165) is 11.8 Å². The van der Waals surface area contributed by atoms with Crippen molar-refractivity contribution >= 4 is 43.7 Å². The second-order valence-electron chi connectivity index (χ2n) is 1.75. The number of benzene rings is 1. The SMILES string of the molecule is BC#N.O=Cc1ccccc1.[NaH]. The van der Waals surface area contributed by atoms with Gasteiger partial charge in [0.25, 0.3) is 0 Å². The molecular weight excluding hydrogens is 160 g/mol. The summed E-state index contributed by atoms with van der Waals surface area (Å²) in [5.41, 5.74) is 0.729. The quantitative estimate of drug-likeness (QED) is 0.436. The van der Waals surface area contributed by atoms with E-state index in [1.807, 2.05) is 18.2 Å². The van der Waals surface area contributed by atoms with Gasteiger partial charge in [0, 0.05) is 5.56 Å². The van der Waals surface area contributed by atoms with Crippen LogP contribution in [0.4, 0.5) is 0 Å². The fourth-order valence-corrected chi connectivity index (χ4v) is 0.532. The summed E-state index contributed by atoms with van der Waals surface area (Å²) < 4.78 is 0. The summed E-state index contributed by atoms with van der Waals surface area (Å²) in [7, 11) is 1.43. The Morgan fingerprint density at radius 2 is 1.75 bits per heavy atom. The van der Waals surface area contributed by atoms with Gasteiger partial charge in [-0.15, -0.1) is 0 Å². The van der Waals surface area contributed by atoms with E-state index in [4.69, 9.17) is 5.26 Å². The third-order valence-electron chi connectivity index (χ3n) is 0.936. The van der Waals surface area contributed by atoms with Gasteiger partial charge in [-0.25, -0.2) is 5.26 Å². The standard InChI is InChI=1S/C7H6O.CH2BN.Na.H/c8-6-7-4-2-1-3-5-7;2-1-3;;/h1-6H;2H2;;. The van der Waals surface area contributed by atoms with Crippen molar-refractivity contribution in [2.45, 2.75) is 0 Å². The van der Waals surface area contributed by atoms with Crippen LogP contribution in [0, 0.1) is 11.2 Å². The average molecular weight is 169 g/mol. The fraction of sp³-hybridized carbons (Fsp3) is 0. The van der Waals surface area contributed by atoms with Crippen LogP contribution in [-0.4, -0.2) is 43.7 Å². The van der Waals surface area contributed by atoms with Crippen LogP contribution in [0.3, 0.4) is 0 Å². The molecule has 0 aliphatic rings. The average Bonchev–Trinajstić information content (AvgIpc) is 2.08. The van der Waals surface area contributed by atoms with E-state index in [1.54, 1.807) is 18.1 Å². The van der Waals surface area contributed by atoms with Gasteiger partial charge in [-0.05, 0) is 5.97 Å². The summed E-state index contributed by atoms with van der Waals surface area (Å²) in [5, 5.41) is 7.32. The van der Waals surface area contributed by atoms with Gasteiger partial charge in [-0.2, -0.15) is 0 Å². The third-order valence-corrected chi connectivity index (χ3v) is 0.936. The van der Waals surface area contributed by atoms with Crippen molar-refractivity contribution in [3.63, 3.8) is 0 Å². The summed E-state index contributed by atoms with van der Waals surface area (Å²) in [6, 6.07) is 9.10. The summed E-state index contributed by atoms with van der Waals surface area (Å²) >= 11 is 0. The van der Waals surface area contributed by atoms with Gasteiger partial charge in [0.1, 0.15) is 6.29 Å². The van der Waals surface area contributed by atoms with Crippen LogP contribution < -0.4 is 0 Å². The van der Waals surface area contributed by atoms with E-state index in [-0.39, 0.29) is 29.6 Å². The Morgan fingerprint density at radius 3 is 2.00 bits per heavy atom. The van der Waals surface area contributed by atoms with Crippen molar-refractivity contribution < 1.29 is 4.79 Å². The molecule has 4 heteroatoms. The number of hydrogen-bond donors (Lipinski definition) is 0. The molecule has 2 nitrogen and oxygen atoms in total. The molecule has 1 rings (SSSR count). The molecule has 0 unspecified atom stereocenters. The second-order valence-corrected chi connectivity index (χ2v) is 1.75. The first-order valence-electron chi connectivity index (χ1n) is 3.16. The number of carbonyl (C=O) groups excluding carboxylic acids is 1. The first-order valence-corrected chi connectivity index (χ1v) is 3.16. The number of aldehydes is 1. The van der Waals surface area contributed by atoms with Gasteiger partial charge in [-0.3, -0.25) is 4.79 Å². The maximum atomic E-state index is 10.0. The van der Waals surface area contributed by atoms with Crippen molar-refractivity contribution in [1.29, 1.82) is 5.26 Å². The van der Waals surface area contributed by atoms with Crippen molar-refractivity contribution in [1.82, 2.24) is 0 Å². The maximum absolute atomic E-state index is 10.0. The van der Waals surface area contributed by atoms with Crippen LogP contribution in [0.15, 0.2) is 30.3 Å². The van der Waals surface area contributed by atoms with Crippen molar-refractivity contribution in [2.75, 3.05) is 0 Å². The Bertz CT molecular complexity index is 245. The van der Waals surface area contributed by atoms with E-state index < -0.39 is 0 Å². The summed E-state index contributed by atoms with van der Waals surface area (Å²) in [6.45, 7) is 0. The van der Waals surface area contributed by atoms with Crippen LogP contribution in [-0.2, 0) is 0 Å². The van der Waals surface area contributed by atoms with Crippen LogP contribution in [0.5, 0.6) is 0 Å². The monoisotopic (exact) mass is 169 g/mol. The molecule has 0 aliphatic carbocycles. The van der Waals surface area contributed by atoms with Crippen molar-refractivity contribution in [3.8, 4) is 5.97 Å². The number of nitrogens with zero attached hydrogens (tertiary/aromatic N) is 1. The number of nitriles is 1. The Labute approximate surface area is 95.3 Å². The third kappa shape index (κ3) is 7.55. The van der Waals surface area contributed by atoms with E-state index in [2.05, 4.69) is 0 Å². The Hall–Kier alpha value is -0.555. The van der Waals surface area contributed by atoms with Crippen LogP contribution in [0.25, 0.3) is 0 Å². The molecule has 0 heterocycles. The van der Waals surface area contributed by atoms with Crippen LogP contribution in [0.1, 0.15) is 10.4 Å². The molecule has 1 aromatic carbocycles.